The molecule has 0 aromatic heterocycles. The van der Waals surface area contributed by atoms with E-state index < -0.39 is 11.7 Å². The molecule has 2 rings (SSSR count). The van der Waals surface area contributed by atoms with Gasteiger partial charge in [0.2, 0.25) is 0 Å². The summed E-state index contributed by atoms with van der Waals surface area (Å²) >= 11 is 0. The summed E-state index contributed by atoms with van der Waals surface area (Å²) in [6.07, 6.45) is 1.21. The molecule has 0 spiro atoms. The molecule has 0 saturated carbocycles. The van der Waals surface area contributed by atoms with Gasteiger partial charge in [0, 0.05) is 24.8 Å². The Kier molecular flexibility index (Phi) is 6.12. The minimum atomic E-state index is -0.538. The van der Waals surface area contributed by atoms with Gasteiger partial charge in [-0.05, 0) is 57.9 Å². The van der Waals surface area contributed by atoms with Crippen LogP contribution in [0.3, 0.4) is 0 Å². The summed E-state index contributed by atoms with van der Waals surface area (Å²) in [5.41, 5.74) is 0.164. The van der Waals surface area contributed by atoms with Crippen molar-refractivity contribution in [3.05, 3.63) is 24.3 Å². The number of nitrogens with one attached hydrogen (secondary N) is 2. The van der Waals surface area contributed by atoms with Crippen molar-refractivity contribution in [3.63, 3.8) is 0 Å². The largest absolute Gasteiger partial charge is 0.497 e. The Morgan fingerprint density at radius 3 is 2.48 bits per heavy atom. The van der Waals surface area contributed by atoms with E-state index in [9.17, 15) is 9.59 Å². The number of nitrogens with zero attached hydrogens (tertiary/aromatic N) is 1. The standard InChI is InChI=1S/C18H27N3O4/c1-18(2,3)25-17(23)20-14-6-5-11-21(12-14)16(22)19-13-7-9-15(24-4)10-8-13/h7-10,14H,5-6,11-12H2,1-4H3,(H,19,22)(H,20,23)/t14-/m1/s1. The number of benzene rings is 1. The van der Waals surface area contributed by atoms with Gasteiger partial charge in [-0.15, -0.1) is 0 Å². The Labute approximate surface area is 148 Å². The van der Waals surface area contributed by atoms with Crippen LogP contribution in [0.5, 0.6) is 5.75 Å². The lowest BCUT2D eigenvalue weighted by molar-refractivity contribution is 0.0480. The lowest BCUT2D eigenvalue weighted by Crippen LogP contribution is -2.51. The third kappa shape index (κ3) is 6.17. The smallest absolute Gasteiger partial charge is 0.407 e. The maximum Gasteiger partial charge on any atom is 0.407 e. The third-order valence-corrected chi connectivity index (χ3v) is 3.77. The molecule has 0 aliphatic carbocycles. The highest BCUT2D eigenvalue weighted by atomic mass is 16.6. The van der Waals surface area contributed by atoms with Crippen molar-refractivity contribution in [3.8, 4) is 5.75 Å². The van der Waals surface area contributed by atoms with Gasteiger partial charge in [-0.3, -0.25) is 0 Å². The molecule has 1 saturated heterocycles. The van der Waals surface area contributed by atoms with E-state index in [0.717, 1.165) is 18.6 Å². The molecule has 0 radical (unpaired) electrons. The van der Waals surface area contributed by atoms with Gasteiger partial charge in [0.25, 0.3) is 0 Å². The Morgan fingerprint density at radius 2 is 1.88 bits per heavy atom. The average Bonchev–Trinajstić information content (AvgIpc) is 2.54. The molecule has 138 valence electrons. The van der Waals surface area contributed by atoms with Crippen LogP contribution in [0.15, 0.2) is 24.3 Å². The second kappa shape index (κ2) is 8.09. The molecule has 3 amide bonds. The van der Waals surface area contributed by atoms with Crippen molar-refractivity contribution >= 4 is 17.8 Å². The Balaban J connectivity index is 1.86. The maximum absolute atomic E-state index is 12.4. The van der Waals surface area contributed by atoms with Crippen molar-refractivity contribution in [2.45, 2.75) is 45.3 Å². The first-order valence-corrected chi connectivity index (χ1v) is 8.46. The minimum absolute atomic E-state index is 0.106. The highest BCUT2D eigenvalue weighted by Gasteiger charge is 2.26. The molecule has 1 atom stereocenters. The topological polar surface area (TPSA) is 79.9 Å². The molecule has 1 heterocycles. The zero-order valence-corrected chi connectivity index (χ0v) is 15.3. The van der Waals surface area contributed by atoms with Crippen LogP contribution in [-0.2, 0) is 4.74 Å². The summed E-state index contributed by atoms with van der Waals surface area (Å²) in [5.74, 6) is 0.734. The molecule has 1 aliphatic heterocycles. The van der Waals surface area contributed by atoms with E-state index in [1.807, 2.05) is 20.8 Å². The number of urea groups is 1. The second-order valence-corrected chi connectivity index (χ2v) is 7.09. The van der Waals surface area contributed by atoms with E-state index in [4.69, 9.17) is 9.47 Å². The molecule has 1 aromatic carbocycles. The highest BCUT2D eigenvalue weighted by Crippen LogP contribution is 2.17. The van der Waals surface area contributed by atoms with Crippen LogP contribution >= 0.6 is 0 Å². The number of rotatable bonds is 3. The fourth-order valence-corrected chi connectivity index (χ4v) is 2.63. The molecule has 1 aromatic rings. The summed E-state index contributed by atoms with van der Waals surface area (Å²) in [7, 11) is 1.60. The number of carbonyl (C=O) groups excluding carboxylic acids is 2. The molecule has 7 nitrogen and oxygen atoms in total. The summed E-state index contributed by atoms with van der Waals surface area (Å²) < 4.78 is 10.4. The van der Waals surface area contributed by atoms with Gasteiger partial charge in [0.15, 0.2) is 0 Å². The number of alkyl carbamates (subject to hydrolysis) is 1. The van der Waals surface area contributed by atoms with Crippen molar-refractivity contribution in [2.75, 3.05) is 25.5 Å². The van der Waals surface area contributed by atoms with E-state index in [0.29, 0.717) is 18.8 Å². The Bertz CT molecular complexity index is 595. The van der Waals surface area contributed by atoms with E-state index in [2.05, 4.69) is 10.6 Å². The number of likely N-dealkylation sites (tertiary alicyclic amines) is 1. The summed E-state index contributed by atoms with van der Waals surface area (Å²) in [5, 5.41) is 5.70. The van der Waals surface area contributed by atoms with Crippen molar-refractivity contribution < 1.29 is 19.1 Å². The van der Waals surface area contributed by atoms with Crippen molar-refractivity contribution in [1.82, 2.24) is 10.2 Å². The number of piperidine rings is 1. The fourth-order valence-electron chi connectivity index (χ4n) is 2.63. The number of carbonyl (C=O) groups is 2. The minimum Gasteiger partial charge on any atom is -0.497 e. The Morgan fingerprint density at radius 1 is 1.20 bits per heavy atom. The van der Waals surface area contributed by atoms with Gasteiger partial charge in [-0.25, -0.2) is 9.59 Å². The number of ether oxygens (including phenoxy) is 2. The maximum atomic E-state index is 12.4. The lowest BCUT2D eigenvalue weighted by Gasteiger charge is -2.33. The number of hydrogen-bond acceptors (Lipinski definition) is 4. The number of methoxy groups -OCH3 is 1. The average molecular weight is 349 g/mol. The van der Waals surface area contributed by atoms with Gasteiger partial charge >= 0.3 is 12.1 Å². The summed E-state index contributed by atoms with van der Waals surface area (Å²) in [6, 6.07) is 6.87. The first-order valence-electron chi connectivity index (χ1n) is 8.46. The van der Waals surface area contributed by atoms with Crippen molar-refractivity contribution in [1.29, 1.82) is 0 Å². The van der Waals surface area contributed by atoms with E-state index in [1.54, 1.807) is 36.3 Å². The Hall–Kier alpha value is -2.44. The number of hydrogen-bond donors (Lipinski definition) is 2. The third-order valence-electron chi connectivity index (χ3n) is 3.77. The van der Waals surface area contributed by atoms with Gasteiger partial charge in [0.1, 0.15) is 11.4 Å². The van der Waals surface area contributed by atoms with E-state index >= 15 is 0 Å². The summed E-state index contributed by atoms with van der Waals surface area (Å²) in [6.45, 7) is 6.59. The zero-order chi connectivity index (χ0) is 18.4. The van der Waals surface area contributed by atoms with Gasteiger partial charge in [0.05, 0.1) is 7.11 Å². The molecular formula is C18H27N3O4. The number of amides is 3. The zero-order valence-electron chi connectivity index (χ0n) is 15.3. The number of anilines is 1. The molecular weight excluding hydrogens is 322 g/mol. The molecule has 7 heteroatoms. The summed E-state index contributed by atoms with van der Waals surface area (Å²) in [4.78, 5) is 26.0. The predicted octanol–water partition coefficient (Wildman–Crippen LogP) is 3.22. The van der Waals surface area contributed by atoms with Crippen LogP contribution in [0.25, 0.3) is 0 Å². The highest BCUT2D eigenvalue weighted by molar-refractivity contribution is 5.89. The quantitative estimate of drug-likeness (QED) is 0.878. The van der Waals surface area contributed by atoms with Crippen LogP contribution in [0, 0.1) is 0 Å². The molecule has 1 fully saturated rings. The molecule has 0 bridgehead atoms. The lowest BCUT2D eigenvalue weighted by atomic mass is 10.1. The van der Waals surface area contributed by atoms with Crippen LogP contribution in [-0.4, -0.2) is 48.9 Å². The molecule has 1 aliphatic rings. The van der Waals surface area contributed by atoms with Crippen LogP contribution < -0.4 is 15.4 Å². The van der Waals surface area contributed by atoms with Gasteiger partial charge in [-0.1, -0.05) is 0 Å². The first-order chi connectivity index (χ1) is 11.8. The SMILES string of the molecule is COc1ccc(NC(=O)N2CCC[C@@H](NC(=O)OC(C)(C)C)C2)cc1. The second-order valence-electron chi connectivity index (χ2n) is 7.09. The van der Waals surface area contributed by atoms with E-state index in [1.165, 1.54) is 0 Å². The first kappa shape index (κ1) is 18.9. The predicted molar refractivity (Wildman–Crippen MR) is 96.0 cm³/mol. The molecule has 2 N–H and O–H groups in total. The van der Waals surface area contributed by atoms with Gasteiger partial charge in [-0.2, -0.15) is 0 Å². The van der Waals surface area contributed by atoms with Crippen LogP contribution in [0.4, 0.5) is 15.3 Å². The molecule has 25 heavy (non-hydrogen) atoms. The molecule has 0 unspecified atom stereocenters. The normalized spacial score (nSPS) is 17.6. The fraction of sp³-hybridized carbons (Fsp3) is 0.556. The van der Waals surface area contributed by atoms with Crippen LogP contribution in [0.1, 0.15) is 33.6 Å². The van der Waals surface area contributed by atoms with Crippen molar-refractivity contribution in [2.24, 2.45) is 0 Å². The van der Waals surface area contributed by atoms with Crippen LogP contribution in [0.2, 0.25) is 0 Å². The van der Waals surface area contributed by atoms with Gasteiger partial charge < -0.3 is 25.0 Å². The van der Waals surface area contributed by atoms with E-state index in [-0.39, 0.29) is 12.1 Å². The monoisotopic (exact) mass is 349 g/mol.